The normalized spacial score (nSPS) is 10.3. The first-order valence-electron chi connectivity index (χ1n) is 8.45. The van der Waals surface area contributed by atoms with Gasteiger partial charge in [0.1, 0.15) is 0 Å². The average molecular weight is 379 g/mol. The molecule has 2 aromatic rings. The van der Waals surface area contributed by atoms with Crippen LogP contribution in [-0.2, 0) is 6.54 Å². The Hall–Kier alpha value is -2.47. The summed E-state index contributed by atoms with van der Waals surface area (Å²) in [5, 5.41) is 3.17. The zero-order chi connectivity index (χ0) is 18.9. The van der Waals surface area contributed by atoms with Gasteiger partial charge in [-0.25, -0.2) is 4.98 Å². The number of pyridine rings is 1. The van der Waals surface area contributed by atoms with Crippen molar-refractivity contribution < 1.29 is 19.0 Å². The van der Waals surface area contributed by atoms with Crippen molar-refractivity contribution in [2.45, 2.75) is 26.8 Å². The van der Waals surface area contributed by atoms with Crippen molar-refractivity contribution in [1.82, 2.24) is 10.3 Å². The zero-order valence-corrected chi connectivity index (χ0v) is 15.9. The summed E-state index contributed by atoms with van der Waals surface area (Å²) >= 11 is 6.22. The third kappa shape index (κ3) is 5.02. The minimum Gasteiger partial charge on any atom is -0.493 e. The molecule has 1 amide bonds. The van der Waals surface area contributed by atoms with Gasteiger partial charge in [-0.2, -0.15) is 0 Å². The maximum absolute atomic E-state index is 12.5. The van der Waals surface area contributed by atoms with Gasteiger partial charge in [0.2, 0.25) is 5.88 Å². The van der Waals surface area contributed by atoms with Crippen LogP contribution in [-0.4, -0.2) is 31.2 Å². The molecule has 0 radical (unpaired) electrons. The van der Waals surface area contributed by atoms with Crippen LogP contribution in [0.15, 0.2) is 30.5 Å². The van der Waals surface area contributed by atoms with Crippen LogP contribution in [0.25, 0.3) is 0 Å². The van der Waals surface area contributed by atoms with Gasteiger partial charge in [0, 0.05) is 23.9 Å². The molecular formula is C19H23ClN2O4. The van der Waals surface area contributed by atoms with Crippen molar-refractivity contribution in [2.24, 2.45) is 0 Å². The highest BCUT2D eigenvalue weighted by Gasteiger charge is 2.16. The first kappa shape index (κ1) is 19.8. The Morgan fingerprint density at radius 2 is 2.08 bits per heavy atom. The Morgan fingerprint density at radius 3 is 2.77 bits per heavy atom. The largest absolute Gasteiger partial charge is 0.493 e. The molecule has 0 unspecified atom stereocenters. The van der Waals surface area contributed by atoms with Gasteiger partial charge in [0.25, 0.3) is 5.91 Å². The Balaban J connectivity index is 2.12. The summed E-state index contributed by atoms with van der Waals surface area (Å²) in [5.41, 5.74) is 1.19. The number of methoxy groups -OCH3 is 1. The highest BCUT2D eigenvalue weighted by Crippen LogP contribution is 2.36. The number of halogens is 1. The number of benzene rings is 1. The Morgan fingerprint density at radius 1 is 1.27 bits per heavy atom. The van der Waals surface area contributed by atoms with Gasteiger partial charge in [-0.05, 0) is 31.5 Å². The Kier molecular flexibility index (Phi) is 7.53. The third-order valence-electron chi connectivity index (χ3n) is 3.51. The SMILES string of the molecule is CCCOc1ncccc1CNC(=O)c1cc(Cl)c(OCC)c(OC)c1. The number of nitrogens with zero attached hydrogens (tertiary/aromatic N) is 1. The molecule has 0 aliphatic carbocycles. The van der Waals surface area contributed by atoms with E-state index in [9.17, 15) is 4.79 Å². The molecule has 1 aromatic heterocycles. The quantitative estimate of drug-likeness (QED) is 0.717. The predicted molar refractivity (Wildman–Crippen MR) is 100 cm³/mol. The van der Waals surface area contributed by atoms with E-state index >= 15 is 0 Å². The maximum atomic E-state index is 12.5. The summed E-state index contributed by atoms with van der Waals surface area (Å²) in [5.74, 6) is 1.09. The average Bonchev–Trinajstić information content (AvgIpc) is 2.66. The van der Waals surface area contributed by atoms with Crippen molar-refractivity contribution >= 4 is 17.5 Å². The molecule has 2 rings (SSSR count). The van der Waals surface area contributed by atoms with Crippen LogP contribution in [0.5, 0.6) is 17.4 Å². The van der Waals surface area contributed by atoms with E-state index < -0.39 is 0 Å². The number of nitrogens with one attached hydrogen (secondary N) is 1. The lowest BCUT2D eigenvalue weighted by Gasteiger charge is -2.14. The second-order valence-corrected chi connectivity index (χ2v) is 5.83. The zero-order valence-electron chi connectivity index (χ0n) is 15.2. The van der Waals surface area contributed by atoms with Crippen molar-refractivity contribution in [1.29, 1.82) is 0 Å². The lowest BCUT2D eigenvalue weighted by atomic mass is 10.1. The van der Waals surface area contributed by atoms with Gasteiger partial charge in [0.15, 0.2) is 11.5 Å². The van der Waals surface area contributed by atoms with E-state index in [0.29, 0.717) is 47.7 Å². The molecule has 0 aliphatic heterocycles. The van der Waals surface area contributed by atoms with Crippen LogP contribution in [0.1, 0.15) is 36.2 Å². The van der Waals surface area contributed by atoms with E-state index in [4.69, 9.17) is 25.8 Å². The molecule has 0 saturated heterocycles. The molecule has 6 nitrogen and oxygen atoms in total. The van der Waals surface area contributed by atoms with E-state index in [1.54, 1.807) is 24.4 Å². The minimum absolute atomic E-state index is 0.279. The number of hydrogen-bond acceptors (Lipinski definition) is 5. The van der Waals surface area contributed by atoms with Crippen LogP contribution in [0.4, 0.5) is 0 Å². The maximum Gasteiger partial charge on any atom is 0.251 e. The van der Waals surface area contributed by atoms with Crippen LogP contribution in [0.2, 0.25) is 5.02 Å². The molecule has 1 heterocycles. The molecule has 26 heavy (non-hydrogen) atoms. The minimum atomic E-state index is -0.279. The van der Waals surface area contributed by atoms with E-state index in [1.165, 1.54) is 7.11 Å². The van der Waals surface area contributed by atoms with E-state index in [1.807, 2.05) is 19.9 Å². The van der Waals surface area contributed by atoms with Gasteiger partial charge >= 0.3 is 0 Å². The number of carbonyl (C=O) groups is 1. The number of aromatic nitrogens is 1. The van der Waals surface area contributed by atoms with Gasteiger partial charge in [-0.3, -0.25) is 4.79 Å². The van der Waals surface area contributed by atoms with Crippen molar-refractivity contribution in [3.63, 3.8) is 0 Å². The van der Waals surface area contributed by atoms with Crippen molar-refractivity contribution in [3.05, 3.63) is 46.6 Å². The standard InChI is InChI=1S/C19H23ClN2O4/c1-4-9-26-19-13(7-6-8-21-19)12-22-18(23)14-10-15(20)17(25-5-2)16(11-14)24-3/h6-8,10-11H,4-5,9,12H2,1-3H3,(H,22,23). The number of rotatable bonds is 9. The smallest absolute Gasteiger partial charge is 0.251 e. The first-order chi connectivity index (χ1) is 12.6. The summed E-state index contributed by atoms with van der Waals surface area (Å²) in [4.78, 5) is 16.7. The highest BCUT2D eigenvalue weighted by molar-refractivity contribution is 6.32. The molecule has 0 atom stereocenters. The lowest BCUT2D eigenvalue weighted by Crippen LogP contribution is -2.23. The molecular weight excluding hydrogens is 356 g/mol. The number of ether oxygens (including phenoxy) is 3. The highest BCUT2D eigenvalue weighted by atomic mass is 35.5. The second-order valence-electron chi connectivity index (χ2n) is 5.42. The molecule has 0 spiro atoms. The van der Waals surface area contributed by atoms with Crippen molar-refractivity contribution in [2.75, 3.05) is 20.3 Å². The fraction of sp³-hybridized carbons (Fsp3) is 0.368. The fourth-order valence-electron chi connectivity index (χ4n) is 2.30. The summed E-state index contributed by atoms with van der Waals surface area (Å²) < 4.78 is 16.3. The Labute approximate surface area is 158 Å². The van der Waals surface area contributed by atoms with Crippen LogP contribution in [0.3, 0.4) is 0 Å². The molecule has 0 saturated carbocycles. The van der Waals surface area contributed by atoms with Crippen LogP contribution in [0, 0.1) is 0 Å². The number of hydrogen-bond donors (Lipinski definition) is 1. The molecule has 7 heteroatoms. The Bertz CT molecular complexity index is 752. The monoisotopic (exact) mass is 378 g/mol. The van der Waals surface area contributed by atoms with Crippen LogP contribution >= 0.6 is 11.6 Å². The molecule has 1 aromatic carbocycles. The molecule has 140 valence electrons. The van der Waals surface area contributed by atoms with E-state index in [0.717, 1.165) is 12.0 Å². The lowest BCUT2D eigenvalue weighted by molar-refractivity contribution is 0.0950. The molecule has 0 aliphatic rings. The number of amides is 1. The van der Waals surface area contributed by atoms with Crippen LogP contribution < -0.4 is 19.5 Å². The summed E-state index contributed by atoms with van der Waals surface area (Å²) in [6.45, 7) is 5.18. The molecule has 1 N–H and O–H groups in total. The van der Waals surface area contributed by atoms with Crippen molar-refractivity contribution in [3.8, 4) is 17.4 Å². The third-order valence-corrected chi connectivity index (χ3v) is 3.79. The summed E-state index contributed by atoms with van der Waals surface area (Å²) in [7, 11) is 1.50. The summed E-state index contributed by atoms with van der Waals surface area (Å²) in [6, 6.07) is 6.83. The van der Waals surface area contributed by atoms with Gasteiger partial charge in [0.05, 0.1) is 25.3 Å². The fourth-order valence-corrected chi connectivity index (χ4v) is 2.57. The molecule has 0 bridgehead atoms. The second kappa shape index (κ2) is 9.87. The van der Waals surface area contributed by atoms with Gasteiger partial charge < -0.3 is 19.5 Å². The first-order valence-corrected chi connectivity index (χ1v) is 8.83. The number of carbonyl (C=O) groups excluding carboxylic acids is 1. The van der Waals surface area contributed by atoms with E-state index in [2.05, 4.69) is 10.3 Å². The summed E-state index contributed by atoms with van der Waals surface area (Å²) in [6.07, 6.45) is 2.54. The van der Waals surface area contributed by atoms with Gasteiger partial charge in [-0.15, -0.1) is 0 Å². The predicted octanol–water partition coefficient (Wildman–Crippen LogP) is 3.86. The van der Waals surface area contributed by atoms with E-state index in [-0.39, 0.29) is 5.91 Å². The molecule has 0 fully saturated rings. The van der Waals surface area contributed by atoms with Gasteiger partial charge in [-0.1, -0.05) is 24.6 Å². The topological polar surface area (TPSA) is 69.7 Å².